The van der Waals surface area contributed by atoms with Crippen molar-refractivity contribution in [1.29, 1.82) is 0 Å². The summed E-state index contributed by atoms with van der Waals surface area (Å²) < 4.78 is 15.6. The van der Waals surface area contributed by atoms with Crippen LogP contribution >= 0.6 is 0 Å². The van der Waals surface area contributed by atoms with Gasteiger partial charge in [-0.2, -0.15) is 0 Å². The van der Waals surface area contributed by atoms with Gasteiger partial charge in [-0.3, -0.25) is 4.57 Å². The van der Waals surface area contributed by atoms with E-state index in [9.17, 15) is 4.39 Å². The van der Waals surface area contributed by atoms with Crippen LogP contribution < -0.4 is 4.90 Å². The van der Waals surface area contributed by atoms with Gasteiger partial charge >= 0.3 is 0 Å². The number of nitrogens with zero attached hydrogens (tertiary/aromatic N) is 6. The molecule has 0 N–H and O–H groups in total. The molecule has 0 amide bonds. The van der Waals surface area contributed by atoms with E-state index in [0.29, 0.717) is 11.9 Å². The van der Waals surface area contributed by atoms with Crippen molar-refractivity contribution in [3.8, 4) is 17.1 Å². The Hall–Kier alpha value is -5.17. The molecule has 7 heteroatoms. The molecule has 186 valence electrons. The predicted molar refractivity (Wildman–Crippen MR) is 151 cm³/mol. The number of benzene rings is 3. The highest BCUT2D eigenvalue weighted by molar-refractivity contribution is 6.14. The molecule has 0 saturated carbocycles. The Morgan fingerprint density at radius 2 is 1.44 bits per heavy atom. The first-order valence-corrected chi connectivity index (χ1v) is 12.8. The summed E-state index contributed by atoms with van der Waals surface area (Å²) in [4.78, 5) is 21.2. The molecule has 1 aliphatic heterocycles. The smallest absolute Gasteiger partial charge is 0.234 e. The molecule has 3 aromatic heterocycles. The van der Waals surface area contributed by atoms with E-state index >= 15 is 0 Å². The third-order valence-electron chi connectivity index (χ3n) is 7.63. The maximum absolute atomic E-state index is 13.5. The minimum absolute atomic E-state index is 0.0235. The van der Waals surface area contributed by atoms with Gasteiger partial charge in [0.25, 0.3) is 0 Å². The van der Waals surface area contributed by atoms with E-state index < -0.39 is 0 Å². The summed E-state index contributed by atoms with van der Waals surface area (Å²) in [6.45, 7) is 0. The fraction of sp³-hybridized carbons (Fsp3) is 0.0625. The number of aromatic nitrogens is 5. The lowest BCUT2D eigenvalue weighted by molar-refractivity contribution is 0.628. The fourth-order valence-corrected chi connectivity index (χ4v) is 5.94. The molecule has 3 aromatic carbocycles. The molecule has 0 bridgehead atoms. The molecule has 6 aromatic rings. The first kappa shape index (κ1) is 21.9. The van der Waals surface area contributed by atoms with Crippen LogP contribution in [-0.2, 0) is 0 Å². The van der Waals surface area contributed by atoms with Gasteiger partial charge in [-0.15, -0.1) is 0 Å². The SMILES string of the molecule is Fc1ccc(-c2cnc(N3c4c(ccc5c6ccccc6n(-c6ncccn6)c45)C4C=CC=CC43)nc2)cc1. The predicted octanol–water partition coefficient (Wildman–Crippen LogP) is 6.90. The molecule has 0 radical (unpaired) electrons. The molecule has 0 saturated heterocycles. The van der Waals surface area contributed by atoms with Gasteiger partial charge in [0.1, 0.15) is 5.82 Å². The zero-order valence-electron chi connectivity index (χ0n) is 20.7. The number of para-hydroxylation sites is 1. The topological polar surface area (TPSA) is 59.7 Å². The highest BCUT2D eigenvalue weighted by atomic mass is 19.1. The third-order valence-corrected chi connectivity index (χ3v) is 7.63. The lowest BCUT2D eigenvalue weighted by atomic mass is 9.91. The molecule has 2 unspecified atom stereocenters. The van der Waals surface area contributed by atoms with Crippen LogP contribution in [0.25, 0.3) is 38.9 Å². The molecule has 2 atom stereocenters. The Labute approximate surface area is 223 Å². The average molecular weight is 509 g/mol. The molecule has 2 aliphatic rings. The first-order chi connectivity index (χ1) is 19.3. The second-order valence-corrected chi connectivity index (χ2v) is 9.74. The minimum Gasteiger partial charge on any atom is -0.300 e. The van der Waals surface area contributed by atoms with Crippen LogP contribution in [-0.4, -0.2) is 30.5 Å². The summed E-state index contributed by atoms with van der Waals surface area (Å²) in [5.74, 6) is 1.10. The molecule has 6 nitrogen and oxygen atoms in total. The van der Waals surface area contributed by atoms with Gasteiger partial charge < -0.3 is 4.90 Å². The lowest BCUT2D eigenvalue weighted by Gasteiger charge is -2.27. The van der Waals surface area contributed by atoms with Crippen LogP contribution in [0.2, 0.25) is 0 Å². The Bertz CT molecular complexity index is 1920. The van der Waals surface area contributed by atoms with E-state index in [4.69, 9.17) is 9.97 Å². The van der Waals surface area contributed by atoms with Gasteiger partial charge in [-0.25, -0.2) is 24.3 Å². The fourth-order valence-electron chi connectivity index (χ4n) is 5.94. The number of halogens is 1. The molecule has 8 rings (SSSR count). The molecule has 1 aliphatic carbocycles. The molecule has 0 fully saturated rings. The van der Waals surface area contributed by atoms with E-state index in [1.807, 2.05) is 12.1 Å². The van der Waals surface area contributed by atoms with Gasteiger partial charge in [0.2, 0.25) is 11.9 Å². The average Bonchev–Trinajstić information content (AvgIpc) is 3.51. The monoisotopic (exact) mass is 508 g/mol. The molecular formula is C32H21FN6. The number of hydrogen-bond donors (Lipinski definition) is 0. The highest BCUT2D eigenvalue weighted by Gasteiger charge is 2.41. The first-order valence-electron chi connectivity index (χ1n) is 12.8. The summed E-state index contributed by atoms with van der Waals surface area (Å²) in [5.41, 5.74) is 6.03. The van der Waals surface area contributed by atoms with Crippen LogP contribution in [0.4, 0.5) is 16.0 Å². The van der Waals surface area contributed by atoms with Gasteiger partial charge in [0, 0.05) is 47.0 Å². The maximum Gasteiger partial charge on any atom is 0.234 e. The summed E-state index contributed by atoms with van der Waals surface area (Å²) >= 11 is 0. The Morgan fingerprint density at radius 3 is 2.26 bits per heavy atom. The quantitative estimate of drug-likeness (QED) is 0.260. The standard InChI is InChI=1S/C32H21FN6/c33-22-12-10-20(11-13-22)21-18-36-32(37-19-21)39-28-9-4-2-7-24(28)26-15-14-25-23-6-1-3-8-27(23)38(29(25)30(26)39)31-34-16-5-17-35-31/h1-19,24,28H. The van der Waals surface area contributed by atoms with Gasteiger partial charge in [-0.05, 0) is 35.4 Å². The number of allylic oxidation sites excluding steroid dienone is 2. The summed E-state index contributed by atoms with van der Waals surface area (Å²) in [5, 5.41) is 2.26. The zero-order chi connectivity index (χ0) is 25.9. The number of hydrogen-bond acceptors (Lipinski definition) is 5. The van der Waals surface area contributed by atoms with E-state index in [1.54, 1.807) is 36.9 Å². The van der Waals surface area contributed by atoms with Crippen molar-refractivity contribution >= 4 is 33.4 Å². The van der Waals surface area contributed by atoms with Crippen molar-refractivity contribution in [2.45, 2.75) is 12.0 Å². The van der Waals surface area contributed by atoms with Gasteiger partial charge in [0.15, 0.2) is 0 Å². The second kappa shape index (κ2) is 8.43. The Kier molecular flexibility index (Phi) is 4.73. The van der Waals surface area contributed by atoms with Crippen LogP contribution in [0.1, 0.15) is 11.5 Å². The molecular weight excluding hydrogens is 487 g/mol. The normalized spacial score (nSPS) is 17.6. The Balaban J connectivity index is 1.39. The minimum atomic E-state index is -0.269. The van der Waals surface area contributed by atoms with Crippen LogP contribution in [0.3, 0.4) is 0 Å². The highest BCUT2D eigenvalue weighted by Crippen LogP contribution is 2.51. The van der Waals surface area contributed by atoms with Crippen molar-refractivity contribution in [1.82, 2.24) is 24.5 Å². The van der Waals surface area contributed by atoms with E-state index in [0.717, 1.165) is 38.6 Å². The number of anilines is 2. The van der Waals surface area contributed by atoms with Gasteiger partial charge in [0.05, 0.1) is 22.8 Å². The van der Waals surface area contributed by atoms with Gasteiger partial charge in [-0.1, -0.05) is 66.8 Å². The Morgan fingerprint density at radius 1 is 0.667 bits per heavy atom. The van der Waals surface area contributed by atoms with E-state index in [2.05, 4.69) is 74.1 Å². The zero-order valence-corrected chi connectivity index (χ0v) is 20.7. The van der Waals surface area contributed by atoms with Crippen LogP contribution in [0.15, 0.2) is 116 Å². The largest absolute Gasteiger partial charge is 0.300 e. The van der Waals surface area contributed by atoms with Crippen molar-refractivity contribution < 1.29 is 4.39 Å². The molecule has 4 heterocycles. The van der Waals surface area contributed by atoms with Crippen molar-refractivity contribution in [2.24, 2.45) is 0 Å². The third kappa shape index (κ3) is 3.26. The second-order valence-electron chi connectivity index (χ2n) is 9.74. The number of rotatable bonds is 3. The van der Waals surface area contributed by atoms with Crippen molar-refractivity contribution in [3.05, 3.63) is 127 Å². The molecule has 39 heavy (non-hydrogen) atoms. The van der Waals surface area contributed by atoms with Crippen LogP contribution in [0, 0.1) is 5.82 Å². The summed E-state index contributed by atoms with van der Waals surface area (Å²) in [6, 6.07) is 21.0. The summed E-state index contributed by atoms with van der Waals surface area (Å²) in [6.07, 6.45) is 15.8. The lowest BCUT2D eigenvalue weighted by Crippen LogP contribution is -2.30. The van der Waals surface area contributed by atoms with Crippen LogP contribution in [0.5, 0.6) is 0 Å². The number of fused-ring (bicyclic) bond motifs is 7. The molecule has 0 spiro atoms. The van der Waals surface area contributed by atoms with E-state index in [1.165, 1.54) is 17.7 Å². The van der Waals surface area contributed by atoms with Crippen molar-refractivity contribution in [2.75, 3.05) is 4.90 Å². The van der Waals surface area contributed by atoms with Crippen molar-refractivity contribution in [3.63, 3.8) is 0 Å². The maximum atomic E-state index is 13.5. The van der Waals surface area contributed by atoms with E-state index in [-0.39, 0.29) is 17.8 Å². The summed E-state index contributed by atoms with van der Waals surface area (Å²) in [7, 11) is 0.